The number of nitrogens with one attached hydrogen (secondary N) is 1. The maximum absolute atomic E-state index is 12.4. The van der Waals surface area contributed by atoms with E-state index in [2.05, 4.69) is 10.3 Å². The van der Waals surface area contributed by atoms with Crippen LogP contribution in [-0.2, 0) is 0 Å². The van der Waals surface area contributed by atoms with Crippen LogP contribution in [0.1, 0.15) is 10.5 Å². The lowest BCUT2D eigenvalue weighted by atomic mass is 10.2. The van der Waals surface area contributed by atoms with E-state index >= 15 is 0 Å². The maximum Gasteiger partial charge on any atom is 0.275 e. The Morgan fingerprint density at radius 2 is 2.00 bits per heavy atom. The molecule has 0 fully saturated rings. The molecule has 4 nitrogen and oxygen atoms in total. The van der Waals surface area contributed by atoms with E-state index in [1.54, 1.807) is 30.7 Å². The summed E-state index contributed by atoms with van der Waals surface area (Å²) in [5.41, 5.74) is 1.59. The Morgan fingerprint density at radius 3 is 2.79 bits per heavy atom. The van der Waals surface area contributed by atoms with Crippen molar-refractivity contribution in [3.05, 3.63) is 63.6 Å². The van der Waals surface area contributed by atoms with Gasteiger partial charge in [-0.3, -0.25) is 4.79 Å². The lowest BCUT2D eigenvalue weighted by molar-refractivity contribution is 0.102. The zero-order valence-corrected chi connectivity index (χ0v) is 14.9. The summed E-state index contributed by atoms with van der Waals surface area (Å²) in [4.78, 5) is 16.8. The van der Waals surface area contributed by atoms with Gasteiger partial charge in [0.15, 0.2) is 0 Å². The number of methoxy groups -OCH3 is 1. The van der Waals surface area contributed by atoms with Gasteiger partial charge < -0.3 is 10.1 Å². The number of hydrogen-bond donors (Lipinski definition) is 1. The Balaban J connectivity index is 1.85. The van der Waals surface area contributed by atoms with Crippen molar-refractivity contribution in [2.45, 2.75) is 0 Å². The van der Waals surface area contributed by atoms with Gasteiger partial charge in [0.1, 0.15) is 16.5 Å². The Morgan fingerprint density at radius 1 is 1.21 bits per heavy atom. The first-order valence-corrected chi connectivity index (χ1v) is 8.57. The van der Waals surface area contributed by atoms with E-state index in [9.17, 15) is 4.79 Å². The molecule has 3 aromatic rings. The van der Waals surface area contributed by atoms with Crippen LogP contribution in [0.15, 0.2) is 47.8 Å². The van der Waals surface area contributed by atoms with Gasteiger partial charge in [-0.25, -0.2) is 4.98 Å². The fraction of sp³-hybridized carbons (Fsp3) is 0.0588. The van der Waals surface area contributed by atoms with Gasteiger partial charge in [-0.15, -0.1) is 11.3 Å². The third-order valence-corrected chi connectivity index (χ3v) is 4.69. The summed E-state index contributed by atoms with van der Waals surface area (Å²) in [6.45, 7) is 0. The average molecular weight is 379 g/mol. The number of carbonyl (C=O) groups is 1. The standard InChI is InChI=1S/C17H12Cl2N2O2S/c1-23-15-5-3-2-4-11(15)17-21-14(9-24-17)16(22)20-13-8-10(18)6-7-12(13)19/h2-9H,1H3,(H,20,22). The number of benzene rings is 2. The van der Waals surface area contributed by atoms with E-state index in [0.29, 0.717) is 32.2 Å². The van der Waals surface area contributed by atoms with Crippen molar-refractivity contribution in [2.75, 3.05) is 12.4 Å². The number of halogens is 2. The van der Waals surface area contributed by atoms with Gasteiger partial charge in [-0.2, -0.15) is 0 Å². The Hall–Kier alpha value is -2.08. The second-order valence-electron chi connectivity index (χ2n) is 4.82. The molecule has 0 saturated carbocycles. The zero-order chi connectivity index (χ0) is 17.1. The van der Waals surface area contributed by atoms with Crippen LogP contribution in [0.4, 0.5) is 5.69 Å². The van der Waals surface area contributed by atoms with Crippen LogP contribution in [0, 0.1) is 0 Å². The molecule has 1 amide bonds. The summed E-state index contributed by atoms with van der Waals surface area (Å²) < 4.78 is 5.33. The van der Waals surface area contributed by atoms with Gasteiger partial charge in [0.25, 0.3) is 5.91 Å². The van der Waals surface area contributed by atoms with Gasteiger partial charge in [0, 0.05) is 10.4 Å². The molecule has 0 unspecified atom stereocenters. The lowest BCUT2D eigenvalue weighted by Gasteiger charge is -2.06. The smallest absolute Gasteiger partial charge is 0.275 e. The molecule has 0 aliphatic heterocycles. The summed E-state index contributed by atoms with van der Waals surface area (Å²) in [6.07, 6.45) is 0. The molecular weight excluding hydrogens is 367 g/mol. The number of rotatable bonds is 4. The molecule has 0 aliphatic carbocycles. The minimum absolute atomic E-state index is 0.303. The van der Waals surface area contributed by atoms with E-state index in [1.165, 1.54) is 11.3 Å². The summed E-state index contributed by atoms with van der Waals surface area (Å²) in [5.74, 6) is 0.355. The number of hydrogen-bond acceptors (Lipinski definition) is 4. The van der Waals surface area contributed by atoms with Crippen molar-refractivity contribution in [1.82, 2.24) is 4.98 Å². The molecule has 2 aromatic carbocycles. The van der Waals surface area contributed by atoms with Gasteiger partial charge in [0.05, 0.1) is 23.4 Å². The summed E-state index contributed by atoms with van der Waals surface area (Å²) in [5, 5.41) is 6.01. The molecule has 122 valence electrons. The van der Waals surface area contributed by atoms with Crippen LogP contribution in [-0.4, -0.2) is 18.0 Å². The minimum Gasteiger partial charge on any atom is -0.496 e. The van der Waals surface area contributed by atoms with Crippen molar-refractivity contribution in [3.8, 4) is 16.3 Å². The molecule has 0 atom stereocenters. The summed E-state index contributed by atoms with van der Waals surface area (Å²) in [6, 6.07) is 12.4. The fourth-order valence-electron chi connectivity index (χ4n) is 2.10. The van der Waals surface area contributed by atoms with Crippen LogP contribution in [0.3, 0.4) is 0 Å². The number of aromatic nitrogens is 1. The van der Waals surface area contributed by atoms with Crippen LogP contribution in [0.25, 0.3) is 10.6 Å². The molecule has 7 heteroatoms. The van der Waals surface area contributed by atoms with E-state index in [-0.39, 0.29) is 5.91 Å². The number of carbonyl (C=O) groups excluding carboxylic acids is 1. The predicted molar refractivity (Wildman–Crippen MR) is 98.5 cm³/mol. The van der Waals surface area contributed by atoms with Crippen molar-refractivity contribution < 1.29 is 9.53 Å². The Kier molecular flexibility index (Phi) is 5.04. The molecule has 0 spiro atoms. The Labute approximate surface area is 153 Å². The van der Waals surface area contributed by atoms with E-state index in [4.69, 9.17) is 27.9 Å². The number of thiazole rings is 1. The highest BCUT2D eigenvalue weighted by Gasteiger charge is 2.15. The topological polar surface area (TPSA) is 51.2 Å². The molecule has 1 heterocycles. The van der Waals surface area contributed by atoms with Crippen molar-refractivity contribution in [1.29, 1.82) is 0 Å². The van der Waals surface area contributed by atoms with Gasteiger partial charge in [0.2, 0.25) is 0 Å². The molecule has 0 radical (unpaired) electrons. The Bertz CT molecular complexity index is 896. The second-order valence-corrected chi connectivity index (χ2v) is 6.52. The molecule has 0 saturated heterocycles. The van der Waals surface area contributed by atoms with Gasteiger partial charge in [-0.05, 0) is 30.3 Å². The highest BCUT2D eigenvalue weighted by atomic mass is 35.5. The number of amides is 1. The molecular formula is C17H12Cl2N2O2S. The largest absolute Gasteiger partial charge is 0.496 e. The fourth-order valence-corrected chi connectivity index (χ4v) is 3.27. The predicted octanol–water partition coefficient (Wildman–Crippen LogP) is 5.38. The molecule has 0 aliphatic rings. The molecule has 1 aromatic heterocycles. The highest BCUT2D eigenvalue weighted by molar-refractivity contribution is 7.13. The molecule has 3 rings (SSSR count). The van der Waals surface area contributed by atoms with Crippen molar-refractivity contribution in [3.63, 3.8) is 0 Å². The van der Waals surface area contributed by atoms with Crippen molar-refractivity contribution in [2.24, 2.45) is 0 Å². The van der Waals surface area contributed by atoms with Crippen LogP contribution < -0.4 is 10.1 Å². The van der Waals surface area contributed by atoms with E-state index in [0.717, 1.165) is 5.56 Å². The summed E-state index contributed by atoms with van der Waals surface area (Å²) in [7, 11) is 1.60. The summed E-state index contributed by atoms with van der Waals surface area (Å²) >= 11 is 13.4. The minimum atomic E-state index is -0.350. The first kappa shape index (κ1) is 16.8. The van der Waals surface area contributed by atoms with Crippen LogP contribution in [0.2, 0.25) is 10.0 Å². The number of nitrogens with zero attached hydrogens (tertiary/aromatic N) is 1. The second kappa shape index (κ2) is 7.21. The first-order valence-electron chi connectivity index (χ1n) is 6.94. The quantitative estimate of drug-likeness (QED) is 0.662. The molecule has 0 bridgehead atoms. The number of anilines is 1. The normalized spacial score (nSPS) is 10.5. The third kappa shape index (κ3) is 3.53. The first-order chi connectivity index (χ1) is 11.6. The number of para-hydroxylation sites is 1. The van der Waals surface area contributed by atoms with Crippen LogP contribution in [0.5, 0.6) is 5.75 Å². The van der Waals surface area contributed by atoms with E-state index < -0.39 is 0 Å². The van der Waals surface area contributed by atoms with E-state index in [1.807, 2.05) is 24.3 Å². The highest BCUT2D eigenvalue weighted by Crippen LogP contribution is 2.32. The average Bonchev–Trinajstić information content (AvgIpc) is 3.08. The lowest BCUT2D eigenvalue weighted by Crippen LogP contribution is -2.12. The number of ether oxygens (including phenoxy) is 1. The maximum atomic E-state index is 12.4. The third-order valence-electron chi connectivity index (χ3n) is 3.25. The van der Waals surface area contributed by atoms with Gasteiger partial charge >= 0.3 is 0 Å². The monoisotopic (exact) mass is 378 g/mol. The van der Waals surface area contributed by atoms with Crippen molar-refractivity contribution >= 4 is 46.1 Å². The zero-order valence-electron chi connectivity index (χ0n) is 12.5. The van der Waals surface area contributed by atoms with Crippen LogP contribution >= 0.6 is 34.5 Å². The molecule has 24 heavy (non-hydrogen) atoms. The SMILES string of the molecule is COc1ccccc1-c1nc(C(=O)Nc2cc(Cl)ccc2Cl)cs1. The van der Waals surface area contributed by atoms with Gasteiger partial charge in [-0.1, -0.05) is 35.3 Å². The molecule has 1 N–H and O–H groups in total.